The number of benzene rings is 8. The lowest BCUT2D eigenvalue weighted by Crippen LogP contribution is -2.09. The van der Waals surface area contributed by atoms with Crippen LogP contribution in [0.4, 0.5) is 17.1 Å². The zero-order chi connectivity index (χ0) is 33.7. The number of hydrogen-bond donors (Lipinski definition) is 0. The molecule has 51 heavy (non-hydrogen) atoms. The van der Waals surface area contributed by atoms with E-state index in [2.05, 4.69) is 193 Å². The van der Waals surface area contributed by atoms with Gasteiger partial charge in [-0.05, 0) is 112 Å². The summed E-state index contributed by atoms with van der Waals surface area (Å²) in [5.74, 6) is 0. The summed E-state index contributed by atoms with van der Waals surface area (Å²) < 4.78 is 5.25. The van der Waals surface area contributed by atoms with Gasteiger partial charge in [-0.2, -0.15) is 0 Å². The highest BCUT2D eigenvalue weighted by molar-refractivity contribution is 7.26. The van der Waals surface area contributed by atoms with E-state index in [1.54, 1.807) is 0 Å². The Kier molecular flexibility index (Phi) is 7.26. The van der Waals surface area contributed by atoms with Gasteiger partial charge in [-0.25, -0.2) is 0 Å². The van der Waals surface area contributed by atoms with Crippen molar-refractivity contribution < 1.29 is 0 Å². The summed E-state index contributed by atoms with van der Waals surface area (Å²) in [5.41, 5.74) is 10.7. The van der Waals surface area contributed by atoms with Gasteiger partial charge in [0.1, 0.15) is 0 Å². The molecule has 0 radical (unpaired) electrons. The minimum absolute atomic E-state index is 1.12. The molecule has 0 bridgehead atoms. The van der Waals surface area contributed by atoms with E-state index in [-0.39, 0.29) is 0 Å². The Labute approximate surface area is 304 Å². The van der Waals surface area contributed by atoms with E-state index in [1.807, 2.05) is 22.7 Å². The van der Waals surface area contributed by atoms with Crippen LogP contribution in [0.3, 0.4) is 0 Å². The van der Waals surface area contributed by atoms with Crippen LogP contribution in [0, 0.1) is 0 Å². The van der Waals surface area contributed by atoms with Crippen molar-refractivity contribution >= 4 is 80.1 Å². The molecule has 0 fully saturated rings. The first-order valence-corrected chi connectivity index (χ1v) is 18.9. The van der Waals surface area contributed by atoms with Crippen LogP contribution < -0.4 is 4.90 Å². The Hall–Kier alpha value is -6.00. The second-order valence-corrected chi connectivity index (χ2v) is 15.1. The number of nitrogens with zero attached hydrogens (tertiary/aromatic N) is 1. The second-order valence-electron chi connectivity index (χ2n) is 13.0. The topological polar surface area (TPSA) is 3.24 Å². The van der Waals surface area contributed by atoms with Crippen LogP contribution in [-0.4, -0.2) is 0 Å². The van der Waals surface area contributed by atoms with E-state index >= 15 is 0 Å². The Bertz CT molecular complexity index is 2680. The lowest BCUT2D eigenvalue weighted by molar-refractivity contribution is 1.30. The third-order valence-corrected chi connectivity index (χ3v) is 12.1. The summed E-state index contributed by atoms with van der Waals surface area (Å²) in [4.78, 5) is 2.41. The standard InChI is InChI=1S/C48H31NS2/c1-3-11-32(12-4-1)35-27-36(33-13-5-2-6-14-33)29-37(28-35)34-19-21-38(22-20-34)49(39-23-25-47-43(30-39)41-15-7-9-17-45(41)50-47)40-24-26-48-44(31-40)42-16-8-10-18-46(42)51-48/h1-31H. The van der Waals surface area contributed by atoms with Gasteiger partial charge >= 0.3 is 0 Å². The molecule has 0 saturated heterocycles. The summed E-state index contributed by atoms with van der Waals surface area (Å²) in [6.07, 6.45) is 0. The van der Waals surface area contributed by atoms with E-state index in [9.17, 15) is 0 Å². The first-order valence-electron chi connectivity index (χ1n) is 17.2. The van der Waals surface area contributed by atoms with Crippen molar-refractivity contribution in [2.45, 2.75) is 0 Å². The first kappa shape index (κ1) is 29.9. The zero-order valence-electron chi connectivity index (χ0n) is 27.7. The number of rotatable bonds is 6. The highest BCUT2D eigenvalue weighted by atomic mass is 32.1. The molecule has 3 heteroatoms. The average molecular weight is 686 g/mol. The average Bonchev–Trinajstić information content (AvgIpc) is 3.77. The molecule has 2 aromatic heterocycles. The maximum Gasteiger partial charge on any atom is 0.0468 e. The molecule has 0 aliphatic rings. The number of anilines is 3. The SMILES string of the molecule is c1ccc(-c2cc(-c3ccccc3)cc(-c3ccc(N(c4ccc5sc6ccccc6c5c4)c4ccc5sc6ccccc6c5c4)cc3)c2)cc1. The molecule has 0 amide bonds. The number of thiophene rings is 2. The van der Waals surface area contributed by atoms with Gasteiger partial charge in [-0.15, -0.1) is 22.7 Å². The largest absolute Gasteiger partial charge is 0.310 e. The quantitative estimate of drug-likeness (QED) is 0.168. The molecule has 10 aromatic rings. The van der Waals surface area contributed by atoms with Gasteiger partial charge in [0.05, 0.1) is 0 Å². The van der Waals surface area contributed by atoms with Crippen LogP contribution >= 0.6 is 22.7 Å². The summed E-state index contributed by atoms with van der Waals surface area (Å²) in [6.45, 7) is 0. The summed E-state index contributed by atoms with van der Waals surface area (Å²) in [6, 6.07) is 68.7. The monoisotopic (exact) mass is 685 g/mol. The maximum atomic E-state index is 2.41. The minimum atomic E-state index is 1.12. The smallest absolute Gasteiger partial charge is 0.0468 e. The number of fused-ring (bicyclic) bond motifs is 6. The first-order chi connectivity index (χ1) is 25.2. The van der Waals surface area contributed by atoms with Crippen molar-refractivity contribution in [2.75, 3.05) is 4.90 Å². The van der Waals surface area contributed by atoms with Crippen molar-refractivity contribution in [2.24, 2.45) is 0 Å². The molecule has 0 unspecified atom stereocenters. The van der Waals surface area contributed by atoms with Gasteiger partial charge in [0, 0.05) is 57.4 Å². The van der Waals surface area contributed by atoms with E-state index in [1.165, 1.54) is 73.7 Å². The zero-order valence-corrected chi connectivity index (χ0v) is 29.3. The molecule has 8 aromatic carbocycles. The van der Waals surface area contributed by atoms with Crippen molar-refractivity contribution in [3.63, 3.8) is 0 Å². The lowest BCUT2D eigenvalue weighted by Gasteiger charge is -2.26. The molecule has 0 atom stereocenters. The van der Waals surface area contributed by atoms with Crippen LogP contribution in [0.5, 0.6) is 0 Å². The van der Waals surface area contributed by atoms with Gasteiger partial charge in [-0.1, -0.05) is 109 Å². The third kappa shape index (κ3) is 5.39. The fourth-order valence-corrected chi connectivity index (χ4v) is 9.52. The normalized spacial score (nSPS) is 11.5. The van der Waals surface area contributed by atoms with Gasteiger partial charge < -0.3 is 4.90 Å². The highest BCUT2D eigenvalue weighted by Gasteiger charge is 2.17. The molecule has 1 nitrogen and oxygen atoms in total. The third-order valence-electron chi connectivity index (χ3n) is 9.84. The van der Waals surface area contributed by atoms with E-state index in [0.29, 0.717) is 0 Å². The molecule has 240 valence electrons. The summed E-state index contributed by atoms with van der Waals surface area (Å²) in [5, 5.41) is 5.20. The van der Waals surface area contributed by atoms with Crippen LogP contribution in [0.15, 0.2) is 188 Å². The van der Waals surface area contributed by atoms with E-state index < -0.39 is 0 Å². The Morgan fingerprint density at radius 2 is 0.627 bits per heavy atom. The van der Waals surface area contributed by atoms with Gasteiger partial charge in [0.25, 0.3) is 0 Å². The van der Waals surface area contributed by atoms with Crippen molar-refractivity contribution in [1.82, 2.24) is 0 Å². The summed E-state index contributed by atoms with van der Waals surface area (Å²) in [7, 11) is 0. The van der Waals surface area contributed by atoms with E-state index in [4.69, 9.17) is 0 Å². The predicted octanol–water partition coefficient (Wildman–Crippen LogP) is 14.9. The molecule has 10 rings (SSSR count). The molecule has 0 N–H and O–H groups in total. The fourth-order valence-electron chi connectivity index (χ4n) is 7.35. The fraction of sp³-hybridized carbons (Fsp3) is 0. The van der Waals surface area contributed by atoms with E-state index in [0.717, 1.165) is 17.1 Å². The Balaban J connectivity index is 1.12. The molecule has 0 aliphatic heterocycles. The van der Waals surface area contributed by atoms with Crippen molar-refractivity contribution in [1.29, 1.82) is 0 Å². The van der Waals surface area contributed by atoms with Crippen molar-refractivity contribution in [3.05, 3.63) is 188 Å². The maximum absolute atomic E-state index is 2.41. The molecular weight excluding hydrogens is 655 g/mol. The van der Waals surface area contributed by atoms with Gasteiger partial charge in [0.2, 0.25) is 0 Å². The van der Waals surface area contributed by atoms with Crippen LogP contribution in [0.2, 0.25) is 0 Å². The molecule has 2 heterocycles. The second kappa shape index (κ2) is 12.4. The molecule has 0 saturated carbocycles. The van der Waals surface area contributed by atoms with Gasteiger partial charge in [0.15, 0.2) is 0 Å². The van der Waals surface area contributed by atoms with Crippen LogP contribution in [-0.2, 0) is 0 Å². The lowest BCUT2D eigenvalue weighted by atomic mass is 9.93. The Morgan fingerprint density at radius 1 is 0.255 bits per heavy atom. The highest BCUT2D eigenvalue weighted by Crippen LogP contribution is 2.44. The minimum Gasteiger partial charge on any atom is -0.310 e. The Morgan fingerprint density at radius 3 is 1.10 bits per heavy atom. The summed E-state index contributed by atoms with van der Waals surface area (Å²) >= 11 is 3.72. The number of hydrogen-bond acceptors (Lipinski definition) is 3. The molecular formula is C48H31NS2. The van der Waals surface area contributed by atoms with Gasteiger partial charge in [-0.3, -0.25) is 0 Å². The molecule has 0 spiro atoms. The van der Waals surface area contributed by atoms with Crippen molar-refractivity contribution in [3.8, 4) is 33.4 Å². The molecule has 0 aliphatic carbocycles. The van der Waals surface area contributed by atoms with Crippen LogP contribution in [0.25, 0.3) is 73.7 Å². The van der Waals surface area contributed by atoms with Crippen LogP contribution in [0.1, 0.15) is 0 Å². The predicted molar refractivity (Wildman–Crippen MR) is 223 cm³/mol.